The zero-order chi connectivity index (χ0) is 16.9. The van der Waals surface area contributed by atoms with E-state index in [0.717, 1.165) is 16.3 Å². The number of allylic oxidation sites excluding steroid dienone is 1. The second-order valence-electron chi connectivity index (χ2n) is 6.52. The van der Waals surface area contributed by atoms with Crippen LogP contribution in [-0.2, 0) is 17.8 Å². The fourth-order valence-corrected chi connectivity index (χ4v) is 4.50. The number of carbonyl (C=O) groups is 1. The molecule has 122 valence electrons. The second kappa shape index (κ2) is 5.60. The summed E-state index contributed by atoms with van der Waals surface area (Å²) in [6.07, 6.45) is 1.28. The van der Waals surface area contributed by atoms with Gasteiger partial charge in [0.15, 0.2) is 0 Å². The van der Waals surface area contributed by atoms with Crippen LogP contribution in [-0.4, -0.2) is 20.6 Å². The molecule has 0 fully saturated rings. The summed E-state index contributed by atoms with van der Waals surface area (Å²) in [5, 5.41) is 9.95. The van der Waals surface area contributed by atoms with Crippen molar-refractivity contribution in [3.63, 3.8) is 0 Å². The molecule has 2 aromatic rings. The predicted molar refractivity (Wildman–Crippen MR) is 91.5 cm³/mol. The minimum atomic E-state index is -0.859. The Balaban J connectivity index is 2.34. The molecule has 0 saturated heterocycles. The molecule has 0 saturated carbocycles. The number of aliphatic carboxylic acids is 1. The minimum absolute atomic E-state index is 0.110. The summed E-state index contributed by atoms with van der Waals surface area (Å²) in [6.45, 7) is 10.2. The first-order valence-electron chi connectivity index (χ1n) is 7.74. The Hall–Kier alpha value is -1.95. The van der Waals surface area contributed by atoms with E-state index in [0.29, 0.717) is 35.2 Å². The molecule has 0 spiro atoms. The van der Waals surface area contributed by atoms with Gasteiger partial charge in [-0.25, -0.2) is 4.98 Å². The topological polar surface area (TPSA) is 72.2 Å². The molecule has 23 heavy (non-hydrogen) atoms. The molecule has 2 heterocycles. The lowest BCUT2D eigenvalue weighted by Crippen LogP contribution is -2.27. The number of carboxylic acid groups (broad SMARTS) is 1. The number of thiophene rings is 1. The number of carboxylic acids is 1. The van der Waals surface area contributed by atoms with Crippen molar-refractivity contribution in [1.82, 2.24) is 9.55 Å². The van der Waals surface area contributed by atoms with Gasteiger partial charge in [0.25, 0.3) is 5.56 Å². The van der Waals surface area contributed by atoms with Crippen molar-refractivity contribution in [3.05, 3.63) is 38.8 Å². The van der Waals surface area contributed by atoms with Gasteiger partial charge in [-0.1, -0.05) is 26.0 Å². The third kappa shape index (κ3) is 2.51. The monoisotopic (exact) mass is 332 g/mol. The summed E-state index contributed by atoms with van der Waals surface area (Å²) in [6, 6.07) is 0. The van der Waals surface area contributed by atoms with Gasteiger partial charge in [0.1, 0.15) is 10.7 Å². The lowest BCUT2D eigenvalue weighted by molar-refractivity contribution is -0.138. The Morgan fingerprint density at radius 1 is 1.52 bits per heavy atom. The summed E-state index contributed by atoms with van der Waals surface area (Å²) in [4.78, 5) is 31.0. The molecule has 0 radical (unpaired) electrons. The minimum Gasteiger partial charge on any atom is -0.481 e. The SMILES string of the molecule is C=C(C)Cn1c(C(C)C)nc2sc3c(c2c1=O)C(C(=O)O)CC3. The van der Waals surface area contributed by atoms with Gasteiger partial charge in [0, 0.05) is 17.3 Å². The van der Waals surface area contributed by atoms with Crippen LogP contribution < -0.4 is 5.56 Å². The zero-order valence-electron chi connectivity index (χ0n) is 13.5. The standard InChI is InChI=1S/C17H20N2O3S/c1-8(2)7-19-14(9(3)4)18-15-13(16(19)20)12-10(17(21)22)5-6-11(12)23-15/h9-10H,1,5-7H2,2-4H3,(H,21,22). The fourth-order valence-electron chi connectivity index (χ4n) is 3.25. The van der Waals surface area contributed by atoms with Crippen LogP contribution in [0.2, 0.25) is 0 Å². The molecule has 2 aromatic heterocycles. The smallest absolute Gasteiger partial charge is 0.311 e. The van der Waals surface area contributed by atoms with E-state index in [1.807, 2.05) is 20.8 Å². The van der Waals surface area contributed by atoms with Crippen molar-refractivity contribution in [1.29, 1.82) is 0 Å². The number of nitrogens with zero attached hydrogens (tertiary/aromatic N) is 2. The van der Waals surface area contributed by atoms with Crippen LogP contribution in [0.1, 0.15) is 55.3 Å². The number of fused-ring (bicyclic) bond motifs is 3. The van der Waals surface area contributed by atoms with E-state index in [1.165, 1.54) is 11.3 Å². The zero-order valence-corrected chi connectivity index (χ0v) is 14.4. The van der Waals surface area contributed by atoms with E-state index in [-0.39, 0.29) is 11.5 Å². The molecule has 3 rings (SSSR count). The van der Waals surface area contributed by atoms with Crippen LogP contribution in [0.4, 0.5) is 0 Å². The normalized spacial score (nSPS) is 17.0. The number of hydrogen-bond acceptors (Lipinski definition) is 4. The van der Waals surface area contributed by atoms with E-state index in [9.17, 15) is 14.7 Å². The van der Waals surface area contributed by atoms with E-state index in [2.05, 4.69) is 6.58 Å². The van der Waals surface area contributed by atoms with E-state index in [4.69, 9.17) is 4.98 Å². The van der Waals surface area contributed by atoms with E-state index in [1.54, 1.807) is 4.57 Å². The summed E-state index contributed by atoms with van der Waals surface area (Å²) < 4.78 is 1.65. The first-order chi connectivity index (χ1) is 10.8. The highest BCUT2D eigenvalue weighted by Crippen LogP contribution is 2.42. The van der Waals surface area contributed by atoms with Crippen LogP contribution in [0, 0.1) is 0 Å². The van der Waals surface area contributed by atoms with Gasteiger partial charge in [-0.15, -0.1) is 11.3 Å². The summed E-state index contributed by atoms with van der Waals surface area (Å²) in [7, 11) is 0. The third-order valence-electron chi connectivity index (χ3n) is 4.21. The number of aromatic nitrogens is 2. The Kier molecular flexibility index (Phi) is 3.88. The van der Waals surface area contributed by atoms with Crippen molar-refractivity contribution in [2.45, 2.75) is 52.0 Å². The first kappa shape index (κ1) is 15.9. The average molecular weight is 332 g/mol. The predicted octanol–water partition coefficient (Wildman–Crippen LogP) is 3.27. The summed E-state index contributed by atoms with van der Waals surface area (Å²) >= 11 is 1.47. The quantitative estimate of drug-likeness (QED) is 0.872. The van der Waals surface area contributed by atoms with Crippen LogP contribution in [0.5, 0.6) is 0 Å². The van der Waals surface area contributed by atoms with Crippen LogP contribution in [0.25, 0.3) is 10.2 Å². The fraction of sp³-hybridized carbons (Fsp3) is 0.471. The molecule has 0 bridgehead atoms. The van der Waals surface area contributed by atoms with Crippen molar-refractivity contribution >= 4 is 27.5 Å². The molecule has 1 N–H and O–H groups in total. The van der Waals surface area contributed by atoms with Gasteiger partial charge in [-0.05, 0) is 25.3 Å². The van der Waals surface area contributed by atoms with Gasteiger partial charge in [-0.2, -0.15) is 0 Å². The third-order valence-corrected chi connectivity index (χ3v) is 5.37. The Morgan fingerprint density at radius 3 is 2.78 bits per heavy atom. The average Bonchev–Trinajstić information content (AvgIpc) is 2.98. The molecule has 0 aliphatic heterocycles. The van der Waals surface area contributed by atoms with Crippen molar-refractivity contribution in [3.8, 4) is 0 Å². The highest BCUT2D eigenvalue weighted by atomic mass is 32.1. The molecular formula is C17H20N2O3S. The maximum Gasteiger partial charge on any atom is 0.311 e. The molecular weight excluding hydrogens is 312 g/mol. The Labute approximate surface area is 138 Å². The summed E-state index contributed by atoms with van der Waals surface area (Å²) in [5.41, 5.74) is 1.44. The van der Waals surface area contributed by atoms with Crippen LogP contribution in [0.15, 0.2) is 16.9 Å². The van der Waals surface area contributed by atoms with Gasteiger partial charge < -0.3 is 5.11 Å². The molecule has 0 aromatic carbocycles. The molecule has 1 aliphatic rings. The van der Waals surface area contributed by atoms with E-state index >= 15 is 0 Å². The molecule has 1 aliphatic carbocycles. The molecule has 0 amide bonds. The number of aryl methyl sites for hydroxylation is 1. The highest BCUT2D eigenvalue weighted by molar-refractivity contribution is 7.18. The van der Waals surface area contributed by atoms with Crippen LogP contribution >= 0.6 is 11.3 Å². The highest BCUT2D eigenvalue weighted by Gasteiger charge is 2.34. The number of hydrogen-bond donors (Lipinski definition) is 1. The summed E-state index contributed by atoms with van der Waals surface area (Å²) in [5.74, 6) is -0.602. The second-order valence-corrected chi connectivity index (χ2v) is 7.61. The first-order valence-corrected chi connectivity index (χ1v) is 8.56. The lowest BCUT2D eigenvalue weighted by Gasteiger charge is -2.15. The van der Waals surface area contributed by atoms with Crippen LogP contribution in [0.3, 0.4) is 0 Å². The Bertz CT molecular complexity index is 876. The number of rotatable bonds is 4. The maximum atomic E-state index is 13.1. The largest absolute Gasteiger partial charge is 0.481 e. The molecule has 6 heteroatoms. The maximum absolute atomic E-state index is 13.1. The van der Waals surface area contributed by atoms with E-state index < -0.39 is 11.9 Å². The Morgan fingerprint density at radius 2 is 2.22 bits per heavy atom. The lowest BCUT2D eigenvalue weighted by atomic mass is 10.0. The van der Waals surface area contributed by atoms with Crippen molar-refractivity contribution in [2.24, 2.45) is 0 Å². The van der Waals surface area contributed by atoms with Crippen molar-refractivity contribution < 1.29 is 9.90 Å². The molecule has 1 atom stereocenters. The molecule has 1 unspecified atom stereocenters. The van der Waals surface area contributed by atoms with Crippen molar-refractivity contribution in [2.75, 3.05) is 0 Å². The van der Waals surface area contributed by atoms with Gasteiger partial charge in [-0.3, -0.25) is 14.2 Å². The van der Waals surface area contributed by atoms with Gasteiger partial charge >= 0.3 is 5.97 Å². The van der Waals surface area contributed by atoms with Gasteiger partial charge in [0.05, 0.1) is 11.3 Å². The van der Waals surface area contributed by atoms with Gasteiger partial charge in [0.2, 0.25) is 0 Å². The molecule has 5 nitrogen and oxygen atoms in total.